The van der Waals surface area contributed by atoms with Crippen molar-refractivity contribution in [2.75, 3.05) is 0 Å². The number of aromatic nitrogens is 4. The molecule has 6 nitrogen and oxygen atoms in total. The number of para-hydroxylation sites is 1. The number of rotatable bonds is 5. The number of hydrogen-bond acceptors (Lipinski definition) is 3. The molecule has 0 aliphatic rings. The van der Waals surface area contributed by atoms with Crippen molar-refractivity contribution in [3.8, 4) is 11.5 Å². The molecule has 0 fully saturated rings. The highest BCUT2D eigenvalue weighted by Crippen LogP contribution is 2.23. The number of nitrogens with one attached hydrogen (secondary N) is 1. The van der Waals surface area contributed by atoms with Crippen molar-refractivity contribution in [2.24, 2.45) is 0 Å². The highest BCUT2D eigenvalue weighted by atomic mass is 16.1. The third-order valence-corrected chi connectivity index (χ3v) is 4.29. The Bertz CT molecular complexity index is 1040. The van der Waals surface area contributed by atoms with E-state index in [1.807, 2.05) is 78.5 Å². The van der Waals surface area contributed by atoms with E-state index in [1.165, 1.54) is 0 Å². The van der Waals surface area contributed by atoms with Crippen LogP contribution in [-0.2, 0) is 6.54 Å². The zero-order valence-electron chi connectivity index (χ0n) is 14.9. The molecule has 134 valence electrons. The molecule has 1 aromatic carbocycles. The molecule has 4 aromatic rings. The summed E-state index contributed by atoms with van der Waals surface area (Å²) in [6, 6.07) is 17.4. The molecule has 3 heterocycles. The maximum atomic E-state index is 13.0. The molecule has 27 heavy (non-hydrogen) atoms. The first-order valence-electron chi connectivity index (χ1n) is 8.69. The van der Waals surface area contributed by atoms with Gasteiger partial charge in [0.05, 0.1) is 11.4 Å². The van der Waals surface area contributed by atoms with E-state index in [-0.39, 0.29) is 5.91 Å². The highest BCUT2D eigenvalue weighted by Gasteiger charge is 2.23. The number of carbonyl (C=O) groups is 1. The fourth-order valence-corrected chi connectivity index (χ4v) is 3.02. The first-order chi connectivity index (χ1) is 13.2. The molecule has 4 rings (SSSR count). The molecule has 0 radical (unpaired) electrons. The van der Waals surface area contributed by atoms with E-state index in [0.29, 0.717) is 23.6 Å². The van der Waals surface area contributed by atoms with Gasteiger partial charge in [-0.2, -0.15) is 5.10 Å². The summed E-state index contributed by atoms with van der Waals surface area (Å²) in [6.45, 7) is 2.26. The number of carbonyl (C=O) groups excluding carboxylic acids is 1. The summed E-state index contributed by atoms with van der Waals surface area (Å²) in [5.41, 5.74) is 3.07. The molecule has 0 atom stereocenters. The zero-order chi connectivity index (χ0) is 18.6. The van der Waals surface area contributed by atoms with Crippen LogP contribution in [0, 0.1) is 6.92 Å². The van der Waals surface area contributed by atoms with Gasteiger partial charge in [-0.05, 0) is 42.8 Å². The summed E-state index contributed by atoms with van der Waals surface area (Å²) in [6.07, 6.45) is 7.28. The Balaban J connectivity index is 1.74. The second kappa shape index (κ2) is 7.29. The SMILES string of the molecule is Cc1nn(-c2ccccc2)c(-n2cccc2)c1C(=O)NCc1cccnc1. The van der Waals surface area contributed by atoms with Crippen LogP contribution < -0.4 is 5.32 Å². The quantitative estimate of drug-likeness (QED) is 0.596. The number of aryl methyl sites for hydroxylation is 1. The average Bonchev–Trinajstić information content (AvgIpc) is 3.35. The monoisotopic (exact) mass is 357 g/mol. The summed E-state index contributed by atoms with van der Waals surface area (Å²) in [4.78, 5) is 17.1. The summed E-state index contributed by atoms with van der Waals surface area (Å²) in [5.74, 6) is 0.551. The van der Waals surface area contributed by atoms with Gasteiger partial charge in [-0.3, -0.25) is 9.78 Å². The van der Waals surface area contributed by atoms with Gasteiger partial charge in [-0.1, -0.05) is 24.3 Å². The number of hydrogen-bond donors (Lipinski definition) is 1. The normalized spacial score (nSPS) is 10.7. The predicted octanol–water partition coefficient (Wildman–Crippen LogP) is 3.30. The van der Waals surface area contributed by atoms with E-state index in [9.17, 15) is 4.79 Å². The molecule has 0 saturated heterocycles. The smallest absolute Gasteiger partial charge is 0.257 e. The molecule has 0 aliphatic heterocycles. The minimum absolute atomic E-state index is 0.165. The van der Waals surface area contributed by atoms with Crippen molar-refractivity contribution in [2.45, 2.75) is 13.5 Å². The minimum Gasteiger partial charge on any atom is -0.348 e. The van der Waals surface area contributed by atoms with Crippen molar-refractivity contribution in [1.29, 1.82) is 0 Å². The number of nitrogens with zero attached hydrogens (tertiary/aromatic N) is 4. The molecule has 0 spiro atoms. The lowest BCUT2D eigenvalue weighted by Crippen LogP contribution is -2.24. The van der Waals surface area contributed by atoms with Crippen molar-refractivity contribution in [3.05, 3.63) is 96.2 Å². The first-order valence-corrected chi connectivity index (χ1v) is 8.69. The fourth-order valence-electron chi connectivity index (χ4n) is 3.02. The number of pyridine rings is 1. The van der Waals surface area contributed by atoms with E-state index in [2.05, 4.69) is 15.4 Å². The lowest BCUT2D eigenvalue weighted by Gasteiger charge is -2.11. The largest absolute Gasteiger partial charge is 0.348 e. The van der Waals surface area contributed by atoms with Crippen molar-refractivity contribution < 1.29 is 4.79 Å². The van der Waals surface area contributed by atoms with E-state index >= 15 is 0 Å². The second-order valence-corrected chi connectivity index (χ2v) is 6.17. The van der Waals surface area contributed by atoms with E-state index in [0.717, 1.165) is 11.3 Å². The van der Waals surface area contributed by atoms with Crippen molar-refractivity contribution in [3.63, 3.8) is 0 Å². The molecule has 3 aromatic heterocycles. The Morgan fingerprint density at radius 1 is 1.04 bits per heavy atom. The van der Waals surface area contributed by atoms with Gasteiger partial charge >= 0.3 is 0 Å². The summed E-state index contributed by atoms with van der Waals surface area (Å²) < 4.78 is 3.71. The number of amides is 1. The lowest BCUT2D eigenvalue weighted by atomic mass is 10.2. The van der Waals surface area contributed by atoms with Crippen LogP contribution in [0.15, 0.2) is 79.4 Å². The summed E-state index contributed by atoms with van der Waals surface area (Å²) in [7, 11) is 0. The van der Waals surface area contributed by atoms with Gasteiger partial charge in [0.15, 0.2) is 5.82 Å². The van der Waals surface area contributed by atoms with Crippen LogP contribution in [0.3, 0.4) is 0 Å². The Hall–Kier alpha value is -3.67. The molecule has 0 unspecified atom stereocenters. The van der Waals surface area contributed by atoms with Gasteiger partial charge in [0.2, 0.25) is 0 Å². The average molecular weight is 357 g/mol. The molecule has 0 saturated carbocycles. The minimum atomic E-state index is -0.165. The molecule has 0 aliphatic carbocycles. The van der Waals surface area contributed by atoms with Gasteiger partial charge in [0.1, 0.15) is 5.56 Å². The van der Waals surface area contributed by atoms with Crippen LogP contribution in [0.4, 0.5) is 0 Å². The van der Waals surface area contributed by atoms with Crippen LogP contribution >= 0.6 is 0 Å². The van der Waals surface area contributed by atoms with Crippen LogP contribution in [0.1, 0.15) is 21.6 Å². The van der Waals surface area contributed by atoms with Gasteiger partial charge in [0, 0.05) is 31.3 Å². The van der Waals surface area contributed by atoms with E-state index in [4.69, 9.17) is 0 Å². The maximum absolute atomic E-state index is 13.0. The topological polar surface area (TPSA) is 64.7 Å². The molecular weight excluding hydrogens is 338 g/mol. The van der Waals surface area contributed by atoms with Crippen molar-refractivity contribution in [1.82, 2.24) is 24.6 Å². The van der Waals surface area contributed by atoms with Gasteiger partial charge in [-0.15, -0.1) is 0 Å². The van der Waals surface area contributed by atoms with Crippen LogP contribution in [0.2, 0.25) is 0 Å². The standard InChI is InChI=1S/C21H19N5O/c1-16-19(20(27)23-15-17-8-7-11-22-14-17)21(25-12-5-6-13-25)26(24-16)18-9-3-2-4-10-18/h2-14H,15H2,1H3,(H,23,27). The number of benzene rings is 1. The summed E-state index contributed by atoms with van der Waals surface area (Å²) in [5, 5.41) is 7.61. The molecule has 1 N–H and O–H groups in total. The molecular formula is C21H19N5O. The van der Waals surface area contributed by atoms with Gasteiger partial charge in [-0.25, -0.2) is 4.68 Å². The van der Waals surface area contributed by atoms with Crippen LogP contribution in [0.25, 0.3) is 11.5 Å². The van der Waals surface area contributed by atoms with Gasteiger partial charge in [0.25, 0.3) is 5.91 Å². The second-order valence-electron chi connectivity index (χ2n) is 6.17. The Morgan fingerprint density at radius 2 is 1.81 bits per heavy atom. The molecule has 6 heteroatoms. The third-order valence-electron chi connectivity index (χ3n) is 4.29. The highest BCUT2D eigenvalue weighted by molar-refractivity contribution is 5.98. The van der Waals surface area contributed by atoms with Crippen LogP contribution in [0.5, 0.6) is 0 Å². The first kappa shape index (κ1) is 16.8. The molecule has 1 amide bonds. The third kappa shape index (κ3) is 3.37. The summed E-state index contributed by atoms with van der Waals surface area (Å²) >= 11 is 0. The van der Waals surface area contributed by atoms with Gasteiger partial charge < -0.3 is 9.88 Å². The zero-order valence-corrected chi connectivity index (χ0v) is 14.9. The Morgan fingerprint density at radius 3 is 2.52 bits per heavy atom. The lowest BCUT2D eigenvalue weighted by molar-refractivity contribution is 0.0950. The Labute approximate surface area is 157 Å². The van der Waals surface area contributed by atoms with E-state index in [1.54, 1.807) is 17.1 Å². The fraction of sp³-hybridized carbons (Fsp3) is 0.0952. The molecule has 0 bridgehead atoms. The Kier molecular flexibility index (Phi) is 4.53. The van der Waals surface area contributed by atoms with Crippen molar-refractivity contribution >= 4 is 5.91 Å². The maximum Gasteiger partial charge on any atom is 0.257 e. The van der Waals surface area contributed by atoms with Crippen LogP contribution in [-0.4, -0.2) is 25.2 Å². The van der Waals surface area contributed by atoms with E-state index < -0.39 is 0 Å². The predicted molar refractivity (Wildman–Crippen MR) is 103 cm³/mol.